The summed E-state index contributed by atoms with van der Waals surface area (Å²) in [6.07, 6.45) is 0. The van der Waals surface area contributed by atoms with Gasteiger partial charge in [0.2, 0.25) is 12.7 Å². The van der Waals surface area contributed by atoms with Crippen LogP contribution in [0.1, 0.15) is 0 Å². The first kappa shape index (κ1) is 14.9. The second-order valence-corrected chi connectivity index (χ2v) is 5.90. The highest BCUT2D eigenvalue weighted by Gasteiger charge is 2.15. The van der Waals surface area contributed by atoms with E-state index in [4.69, 9.17) is 13.9 Å². The van der Waals surface area contributed by atoms with Crippen molar-refractivity contribution >= 4 is 11.1 Å². The van der Waals surface area contributed by atoms with Crippen LogP contribution in [0.2, 0.25) is 0 Å². The van der Waals surface area contributed by atoms with E-state index in [1.54, 1.807) is 0 Å². The second kappa shape index (κ2) is 5.56. The molecule has 1 aromatic heterocycles. The fourth-order valence-corrected chi connectivity index (χ4v) is 2.93. The van der Waals surface area contributed by atoms with Crippen LogP contribution in [0.5, 0.6) is 11.5 Å². The zero-order valence-corrected chi connectivity index (χ0v) is 13.3. The molecule has 5 rings (SSSR count). The summed E-state index contributed by atoms with van der Waals surface area (Å²) >= 11 is 0. The van der Waals surface area contributed by atoms with Gasteiger partial charge in [-0.15, -0.1) is 0 Å². The predicted octanol–water partition coefficient (Wildman–Crippen LogP) is 5.17. The minimum atomic E-state index is -0.939. The van der Waals surface area contributed by atoms with E-state index in [0.717, 1.165) is 29.0 Å². The lowest BCUT2D eigenvalue weighted by atomic mass is 10.0. The minimum Gasteiger partial charge on any atom is -0.454 e. The van der Waals surface area contributed by atoms with Gasteiger partial charge in [0.15, 0.2) is 28.7 Å². The molecule has 2 heterocycles. The Morgan fingerprint density at radius 2 is 1.50 bits per heavy atom. The molecule has 4 nitrogen and oxygen atoms in total. The highest BCUT2D eigenvalue weighted by molar-refractivity contribution is 5.82. The molecule has 0 amide bonds. The molecule has 1 aliphatic heterocycles. The number of nitrogens with zero attached hydrogens (tertiary/aromatic N) is 1. The van der Waals surface area contributed by atoms with Crippen molar-refractivity contribution < 1.29 is 22.7 Å². The molecule has 0 saturated heterocycles. The largest absolute Gasteiger partial charge is 0.454 e. The van der Waals surface area contributed by atoms with Crippen LogP contribution in [0.15, 0.2) is 59.0 Å². The second-order valence-electron chi connectivity index (χ2n) is 5.90. The van der Waals surface area contributed by atoms with Gasteiger partial charge in [0.1, 0.15) is 5.52 Å². The Balaban J connectivity index is 1.56. The van der Waals surface area contributed by atoms with Crippen molar-refractivity contribution in [3.8, 4) is 34.1 Å². The van der Waals surface area contributed by atoms with Gasteiger partial charge in [-0.3, -0.25) is 0 Å². The molecule has 0 spiro atoms. The standard InChI is InChI=1S/C20H11F2NO3/c21-14-4-1-13(7-15(14)22)20-23-16-5-2-11(8-18(16)26-20)12-3-6-17-19(9-12)25-10-24-17/h1-9H,10H2. The molecular weight excluding hydrogens is 340 g/mol. The van der Waals surface area contributed by atoms with Crippen molar-refractivity contribution in [3.63, 3.8) is 0 Å². The molecule has 0 fully saturated rings. The molecule has 0 N–H and O–H groups in total. The Hall–Kier alpha value is -3.41. The summed E-state index contributed by atoms with van der Waals surface area (Å²) in [6.45, 7) is 0.220. The van der Waals surface area contributed by atoms with Crippen LogP contribution < -0.4 is 9.47 Å². The number of aromatic nitrogens is 1. The van der Waals surface area contributed by atoms with Crippen molar-refractivity contribution in [3.05, 3.63) is 66.2 Å². The van der Waals surface area contributed by atoms with Gasteiger partial charge in [-0.1, -0.05) is 12.1 Å². The van der Waals surface area contributed by atoms with Crippen LogP contribution in [-0.4, -0.2) is 11.8 Å². The topological polar surface area (TPSA) is 44.5 Å². The first-order chi connectivity index (χ1) is 12.7. The number of hydrogen-bond acceptors (Lipinski definition) is 4. The highest BCUT2D eigenvalue weighted by Crippen LogP contribution is 2.37. The van der Waals surface area contributed by atoms with E-state index in [1.165, 1.54) is 6.07 Å². The number of rotatable bonds is 2. The number of ether oxygens (including phenoxy) is 2. The maximum absolute atomic E-state index is 13.4. The normalized spacial score (nSPS) is 12.7. The van der Waals surface area contributed by atoms with Crippen LogP contribution in [0.3, 0.4) is 0 Å². The lowest BCUT2D eigenvalue weighted by Crippen LogP contribution is -1.92. The number of oxazole rings is 1. The molecule has 1 aliphatic rings. The molecule has 0 saturated carbocycles. The number of hydrogen-bond donors (Lipinski definition) is 0. The molecule has 6 heteroatoms. The van der Waals surface area contributed by atoms with Crippen LogP contribution in [-0.2, 0) is 0 Å². The SMILES string of the molecule is Fc1ccc(-c2nc3ccc(-c4ccc5c(c4)OCO5)cc3o2)cc1F. The zero-order chi connectivity index (χ0) is 17.7. The minimum absolute atomic E-state index is 0.220. The Labute approximate surface area is 146 Å². The molecule has 0 atom stereocenters. The maximum atomic E-state index is 13.4. The zero-order valence-electron chi connectivity index (χ0n) is 13.3. The highest BCUT2D eigenvalue weighted by atomic mass is 19.2. The van der Waals surface area contributed by atoms with E-state index in [9.17, 15) is 8.78 Å². The summed E-state index contributed by atoms with van der Waals surface area (Å²) in [4.78, 5) is 4.35. The summed E-state index contributed by atoms with van der Waals surface area (Å²) < 4.78 is 43.0. The first-order valence-electron chi connectivity index (χ1n) is 7.93. The summed E-state index contributed by atoms with van der Waals surface area (Å²) in [5, 5.41) is 0. The molecule has 3 aromatic carbocycles. The van der Waals surface area contributed by atoms with Gasteiger partial charge >= 0.3 is 0 Å². The monoisotopic (exact) mass is 351 g/mol. The van der Waals surface area contributed by atoms with E-state index in [2.05, 4.69) is 4.98 Å². The van der Waals surface area contributed by atoms with Crippen molar-refractivity contribution in [2.45, 2.75) is 0 Å². The third-order valence-corrected chi connectivity index (χ3v) is 4.26. The summed E-state index contributed by atoms with van der Waals surface area (Å²) in [5.74, 6) is -0.194. The Morgan fingerprint density at radius 3 is 2.38 bits per heavy atom. The number of benzene rings is 3. The van der Waals surface area contributed by atoms with Gasteiger partial charge in [-0.05, 0) is 53.6 Å². The van der Waals surface area contributed by atoms with Gasteiger partial charge in [-0.2, -0.15) is 0 Å². The van der Waals surface area contributed by atoms with Gasteiger partial charge in [0.05, 0.1) is 0 Å². The van der Waals surface area contributed by atoms with Crippen molar-refractivity contribution in [1.82, 2.24) is 4.98 Å². The molecule has 0 aliphatic carbocycles. The maximum Gasteiger partial charge on any atom is 0.231 e. The Bertz CT molecular complexity index is 1150. The van der Waals surface area contributed by atoms with Gasteiger partial charge in [0.25, 0.3) is 0 Å². The van der Waals surface area contributed by atoms with Crippen LogP contribution in [0, 0.1) is 11.6 Å². The summed E-state index contributed by atoms with van der Waals surface area (Å²) in [5.41, 5.74) is 3.43. The Morgan fingerprint density at radius 1 is 0.731 bits per heavy atom. The molecule has 0 bridgehead atoms. The van der Waals surface area contributed by atoms with Gasteiger partial charge in [0, 0.05) is 5.56 Å². The lowest BCUT2D eigenvalue weighted by molar-refractivity contribution is 0.174. The third-order valence-electron chi connectivity index (χ3n) is 4.26. The summed E-state index contributed by atoms with van der Waals surface area (Å²) in [7, 11) is 0. The van der Waals surface area contributed by atoms with Crippen LogP contribution >= 0.6 is 0 Å². The fourth-order valence-electron chi connectivity index (χ4n) is 2.93. The fraction of sp³-hybridized carbons (Fsp3) is 0.0500. The van der Waals surface area contributed by atoms with E-state index < -0.39 is 11.6 Å². The number of fused-ring (bicyclic) bond motifs is 2. The van der Waals surface area contributed by atoms with Crippen LogP contribution in [0.25, 0.3) is 33.7 Å². The van der Waals surface area contributed by atoms with Gasteiger partial charge in [-0.25, -0.2) is 13.8 Å². The predicted molar refractivity (Wildman–Crippen MR) is 90.9 cm³/mol. The average Bonchev–Trinajstić information content (AvgIpc) is 3.29. The van der Waals surface area contributed by atoms with E-state index in [0.29, 0.717) is 22.4 Å². The lowest BCUT2D eigenvalue weighted by Gasteiger charge is -2.03. The smallest absolute Gasteiger partial charge is 0.231 e. The molecule has 128 valence electrons. The average molecular weight is 351 g/mol. The molecular formula is C20H11F2NO3. The van der Waals surface area contributed by atoms with E-state index in [-0.39, 0.29) is 12.7 Å². The molecule has 26 heavy (non-hydrogen) atoms. The number of halogens is 2. The van der Waals surface area contributed by atoms with Crippen molar-refractivity contribution in [1.29, 1.82) is 0 Å². The first-order valence-corrected chi connectivity index (χ1v) is 7.93. The summed E-state index contributed by atoms with van der Waals surface area (Å²) in [6, 6.07) is 14.8. The molecule has 0 radical (unpaired) electrons. The van der Waals surface area contributed by atoms with Crippen molar-refractivity contribution in [2.24, 2.45) is 0 Å². The Kier molecular flexibility index (Phi) is 3.18. The quantitative estimate of drug-likeness (QED) is 0.500. The van der Waals surface area contributed by atoms with Crippen LogP contribution in [0.4, 0.5) is 8.78 Å². The molecule has 0 unspecified atom stereocenters. The van der Waals surface area contributed by atoms with E-state index >= 15 is 0 Å². The molecule has 4 aromatic rings. The van der Waals surface area contributed by atoms with Gasteiger partial charge < -0.3 is 13.9 Å². The van der Waals surface area contributed by atoms with E-state index in [1.807, 2.05) is 36.4 Å². The van der Waals surface area contributed by atoms with Crippen molar-refractivity contribution in [2.75, 3.05) is 6.79 Å². The third kappa shape index (κ3) is 2.38.